The van der Waals surface area contributed by atoms with Gasteiger partial charge in [0.25, 0.3) is 0 Å². The molecule has 0 radical (unpaired) electrons. The number of carbonyl (C=O) groups excluding carboxylic acids is 1. The van der Waals surface area contributed by atoms with E-state index in [4.69, 9.17) is 9.47 Å². The van der Waals surface area contributed by atoms with E-state index in [0.29, 0.717) is 19.8 Å². The molecule has 0 aromatic carbocycles. The second kappa shape index (κ2) is 6.21. The lowest BCUT2D eigenvalue weighted by atomic mass is 10.1. The van der Waals surface area contributed by atoms with E-state index in [-0.39, 0.29) is 12.1 Å². The second-order valence-corrected chi connectivity index (χ2v) is 4.66. The summed E-state index contributed by atoms with van der Waals surface area (Å²) < 4.78 is 10.7. The molecule has 0 aliphatic carbocycles. The van der Waals surface area contributed by atoms with Gasteiger partial charge in [-0.05, 0) is 12.8 Å². The fourth-order valence-corrected chi connectivity index (χ4v) is 2.27. The molecule has 2 saturated heterocycles. The van der Waals surface area contributed by atoms with Crippen LogP contribution in [0.5, 0.6) is 0 Å². The molecule has 2 fully saturated rings. The molecular weight excluding hydrogens is 206 g/mol. The molecule has 2 rings (SSSR count). The molecule has 4 heteroatoms. The van der Waals surface area contributed by atoms with Crippen LogP contribution in [-0.2, 0) is 14.3 Å². The lowest BCUT2D eigenvalue weighted by Gasteiger charge is -2.26. The predicted octanol–water partition coefficient (Wildman–Crippen LogP) is 1.54. The molecule has 0 aromatic rings. The molecule has 0 bridgehead atoms. The van der Waals surface area contributed by atoms with Crippen molar-refractivity contribution in [2.45, 2.75) is 44.6 Å². The van der Waals surface area contributed by atoms with Gasteiger partial charge in [0.15, 0.2) is 0 Å². The maximum absolute atomic E-state index is 11.1. The van der Waals surface area contributed by atoms with Gasteiger partial charge in [-0.1, -0.05) is 12.8 Å². The van der Waals surface area contributed by atoms with Crippen molar-refractivity contribution in [1.82, 2.24) is 4.90 Å². The van der Waals surface area contributed by atoms with Gasteiger partial charge in [0.05, 0.1) is 25.9 Å². The van der Waals surface area contributed by atoms with Crippen LogP contribution in [0.1, 0.15) is 38.5 Å². The number of likely N-dealkylation sites (tertiary alicyclic amines) is 1. The Morgan fingerprint density at radius 1 is 1.25 bits per heavy atom. The highest BCUT2D eigenvalue weighted by Crippen LogP contribution is 2.14. The minimum atomic E-state index is -0.118. The summed E-state index contributed by atoms with van der Waals surface area (Å²) in [6, 6.07) is 0. The summed E-state index contributed by atoms with van der Waals surface area (Å²) >= 11 is 0. The topological polar surface area (TPSA) is 38.8 Å². The summed E-state index contributed by atoms with van der Waals surface area (Å²) in [5.74, 6) is -0.118. The van der Waals surface area contributed by atoms with Gasteiger partial charge in [-0.3, -0.25) is 9.69 Å². The molecule has 2 heterocycles. The van der Waals surface area contributed by atoms with Crippen LogP contribution in [0.3, 0.4) is 0 Å². The maximum atomic E-state index is 11.1. The van der Waals surface area contributed by atoms with Crippen LogP contribution in [0.25, 0.3) is 0 Å². The van der Waals surface area contributed by atoms with E-state index in [9.17, 15) is 4.79 Å². The fraction of sp³-hybridized carbons (Fsp3) is 0.917. The number of cyclic esters (lactones) is 1. The van der Waals surface area contributed by atoms with Crippen LogP contribution in [0, 0.1) is 0 Å². The monoisotopic (exact) mass is 227 g/mol. The molecule has 0 spiro atoms. The van der Waals surface area contributed by atoms with Gasteiger partial charge in [-0.2, -0.15) is 0 Å². The first kappa shape index (κ1) is 11.9. The number of rotatable bonds is 3. The van der Waals surface area contributed by atoms with Crippen molar-refractivity contribution >= 4 is 5.97 Å². The highest BCUT2D eigenvalue weighted by Gasteiger charge is 2.22. The maximum Gasteiger partial charge on any atom is 0.308 e. The van der Waals surface area contributed by atoms with Crippen LogP contribution < -0.4 is 0 Å². The first-order valence-corrected chi connectivity index (χ1v) is 6.34. The average molecular weight is 227 g/mol. The van der Waals surface area contributed by atoms with E-state index in [1.165, 1.54) is 25.7 Å². The molecule has 0 saturated carbocycles. The SMILES string of the molecule is O=C1CC(OCN2CCCCCC2)CCO1. The summed E-state index contributed by atoms with van der Waals surface area (Å²) in [6.07, 6.45) is 6.57. The van der Waals surface area contributed by atoms with Crippen molar-refractivity contribution < 1.29 is 14.3 Å². The Morgan fingerprint density at radius 2 is 2.00 bits per heavy atom. The van der Waals surface area contributed by atoms with Crippen LogP contribution in [0.4, 0.5) is 0 Å². The lowest BCUT2D eigenvalue weighted by Crippen LogP contribution is -2.33. The van der Waals surface area contributed by atoms with Gasteiger partial charge < -0.3 is 9.47 Å². The number of nitrogens with zero attached hydrogens (tertiary/aromatic N) is 1. The Hall–Kier alpha value is -0.610. The van der Waals surface area contributed by atoms with Crippen molar-refractivity contribution in [3.05, 3.63) is 0 Å². The van der Waals surface area contributed by atoms with Crippen molar-refractivity contribution in [3.8, 4) is 0 Å². The van der Waals surface area contributed by atoms with Crippen molar-refractivity contribution in [3.63, 3.8) is 0 Å². The number of hydrogen-bond donors (Lipinski definition) is 0. The Bertz CT molecular complexity index is 224. The van der Waals surface area contributed by atoms with Crippen molar-refractivity contribution in [1.29, 1.82) is 0 Å². The third-order valence-electron chi connectivity index (χ3n) is 3.29. The molecule has 2 aliphatic heterocycles. The average Bonchev–Trinajstić information content (AvgIpc) is 2.55. The Labute approximate surface area is 96.9 Å². The summed E-state index contributed by atoms with van der Waals surface area (Å²) in [5.41, 5.74) is 0. The van der Waals surface area contributed by atoms with E-state index >= 15 is 0 Å². The molecule has 4 nitrogen and oxygen atoms in total. The van der Waals surface area contributed by atoms with Gasteiger partial charge in [-0.15, -0.1) is 0 Å². The Kier molecular flexibility index (Phi) is 4.60. The summed E-state index contributed by atoms with van der Waals surface area (Å²) in [4.78, 5) is 13.4. The lowest BCUT2D eigenvalue weighted by molar-refractivity contribution is -0.156. The molecule has 1 unspecified atom stereocenters. The summed E-state index contributed by atoms with van der Waals surface area (Å²) in [7, 11) is 0. The Balaban J connectivity index is 1.67. The smallest absolute Gasteiger partial charge is 0.308 e. The van der Waals surface area contributed by atoms with Crippen LogP contribution in [-0.4, -0.2) is 43.4 Å². The highest BCUT2D eigenvalue weighted by molar-refractivity contribution is 5.70. The number of hydrogen-bond acceptors (Lipinski definition) is 4. The Morgan fingerprint density at radius 3 is 2.69 bits per heavy atom. The van der Waals surface area contributed by atoms with Crippen LogP contribution >= 0.6 is 0 Å². The van der Waals surface area contributed by atoms with E-state index < -0.39 is 0 Å². The second-order valence-electron chi connectivity index (χ2n) is 4.66. The van der Waals surface area contributed by atoms with Crippen LogP contribution in [0.15, 0.2) is 0 Å². The normalized spacial score (nSPS) is 28.5. The molecule has 16 heavy (non-hydrogen) atoms. The molecule has 1 atom stereocenters. The molecule has 2 aliphatic rings. The minimum Gasteiger partial charge on any atom is -0.465 e. The molecule has 0 N–H and O–H groups in total. The standard InChI is InChI=1S/C12H21NO3/c14-12-9-11(5-8-15-12)16-10-13-6-3-1-2-4-7-13/h11H,1-10H2. The molecule has 92 valence electrons. The number of ether oxygens (including phenoxy) is 2. The van der Waals surface area contributed by atoms with E-state index in [0.717, 1.165) is 19.5 Å². The van der Waals surface area contributed by atoms with Gasteiger partial charge >= 0.3 is 5.97 Å². The third-order valence-corrected chi connectivity index (χ3v) is 3.29. The largest absolute Gasteiger partial charge is 0.465 e. The van der Waals surface area contributed by atoms with Gasteiger partial charge in [0, 0.05) is 19.5 Å². The third kappa shape index (κ3) is 3.76. The van der Waals surface area contributed by atoms with E-state index in [2.05, 4.69) is 4.90 Å². The fourth-order valence-electron chi connectivity index (χ4n) is 2.27. The summed E-state index contributed by atoms with van der Waals surface area (Å²) in [6.45, 7) is 3.47. The molecular formula is C12H21NO3. The van der Waals surface area contributed by atoms with Gasteiger partial charge in [0.2, 0.25) is 0 Å². The van der Waals surface area contributed by atoms with Crippen molar-refractivity contribution in [2.24, 2.45) is 0 Å². The highest BCUT2D eigenvalue weighted by atomic mass is 16.5. The molecule has 0 amide bonds. The van der Waals surface area contributed by atoms with Gasteiger partial charge in [0.1, 0.15) is 0 Å². The number of carbonyl (C=O) groups is 1. The summed E-state index contributed by atoms with van der Waals surface area (Å²) in [5, 5.41) is 0. The zero-order valence-electron chi connectivity index (χ0n) is 9.82. The first-order chi connectivity index (χ1) is 7.84. The van der Waals surface area contributed by atoms with E-state index in [1.54, 1.807) is 0 Å². The zero-order valence-corrected chi connectivity index (χ0v) is 9.82. The van der Waals surface area contributed by atoms with Crippen LogP contribution in [0.2, 0.25) is 0 Å². The first-order valence-electron chi connectivity index (χ1n) is 6.34. The predicted molar refractivity (Wildman–Crippen MR) is 60.0 cm³/mol. The molecule has 0 aromatic heterocycles. The quantitative estimate of drug-likeness (QED) is 0.686. The minimum absolute atomic E-state index is 0.0736. The zero-order chi connectivity index (χ0) is 11.2. The van der Waals surface area contributed by atoms with Crippen molar-refractivity contribution in [2.75, 3.05) is 26.4 Å². The van der Waals surface area contributed by atoms with Gasteiger partial charge in [-0.25, -0.2) is 0 Å². The van der Waals surface area contributed by atoms with E-state index in [1.807, 2.05) is 0 Å². The number of esters is 1.